The molecule has 0 amide bonds. The minimum absolute atomic E-state index is 0.169. The quantitative estimate of drug-likeness (QED) is 0.595. The van der Waals surface area contributed by atoms with Crippen molar-refractivity contribution in [3.05, 3.63) is 64.4 Å². The zero-order valence-electron chi connectivity index (χ0n) is 11.9. The van der Waals surface area contributed by atoms with Crippen LogP contribution < -0.4 is 10.9 Å². The summed E-state index contributed by atoms with van der Waals surface area (Å²) in [6, 6.07) is 15.4. The number of anilines is 2. The van der Waals surface area contributed by atoms with Crippen molar-refractivity contribution in [2.24, 2.45) is 0 Å². The summed E-state index contributed by atoms with van der Waals surface area (Å²) < 4.78 is 1.80. The summed E-state index contributed by atoms with van der Waals surface area (Å²) in [7, 11) is 0. The molecule has 0 atom stereocenters. The number of aromatic nitrogens is 4. The van der Waals surface area contributed by atoms with Gasteiger partial charge < -0.3 is 5.32 Å². The van der Waals surface area contributed by atoms with Gasteiger partial charge in [0, 0.05) is 5.69 Å². The van der Waals surface area contributed by atoms with Crippen LogP contribution in [0.3, 0.4) is 0 Å². The van der Waals surface area contributed by atoms with Gasteiger partial charge in [0.05, 0.1) is 10.9 Å². The van der Waals surface area contributed by atoms with E-state index in [2.05, 4.69) is 20.5 Å². The Labute approximate surface area is 125 Å². The van der Waals surface area contributed by atoms with Gasteiger partial charge in [0.25, 0.3) is 5.56 Å². The van der Waals surface area contributed by atoms with Gasteiger partial charge in [0.15, 0.2) is 0 Å². The number of para-hydroxylation sites is 1. The predicted molar refractivity (Wildman–Crippen MR) is 85.6 cm³/mol. The van der Waals surface area contributed by atoms with Crippen molar-refractivity contribution in [2.45, 2.75) is 6.92 Å². The van der Waals surface area contributed by atoms with E-state index in [1.807, 2.05) is 49.4 Å². The molecule has 0 fully saturated rings. The molecule has 0 aliphatic heterocycles. The summed E-state index contributed by atoms with van der Waals surface area (Å²) in [5.74, 6) is 0.976. The van der Waals surface area contributed by atoms with E-state index in [4.69, 9.17) is 0 Å². The highest BCUT2D eigenvalue weighted by Crippen LogP contribution is 2.19. The zero-order valence-corrected chi connectivity index (χ0v) is 11.9. The molecule has 4 aromatic rings. The topological polar surface area (TPSA) is 75.1 Å². The van der Waals surface area contributed by atoms with Crippen LogP contribution in [-0.2, 0) is 0 Å². The molecule has 4 rings (SSSR count). The first-order valence-electron chi connectivity index (χ1n) is 6.92. The highest BCUT2D eigenvalue weighted by Gasteiger charge is 2.11. The molecular weight excluding hydrogens is 278 g/mol. The summed E-state index contributed by atoms with van der Waals surface area (Å²) in [5, 5.41) is 12.0. The van der Waals surface area contributed by atoms with Crippen LogP contribution in [0.25, 0.3) is 16.7 Å². The fraction of sp³-hybridized carbons (Fsp3) is 0.0625. The first-order chi connectivity index (χ1) is 10.7. The van der Waals surface area contributed by atoms with Gasteiger partial charge >= 0.3 is 0 Å². The van der Waals surface area contributed by atoms with E-state index in [1.54, 1.807) is 10.5 Å². The number of nitrogens with zero attached hydrogens (tertiary/aromatic N) is 3. The average molecular weight is 291 g/mol. The average Bonchev–Trinajstić information content (AvgIpc) is 2.93. The predicted octanol–water partition coefficient (Wildman–Crippen LogP) is 2.62. The Hall–Kier alpha value is -3.15. The van der Waals surface area contributed by atoms with Gasteiger partial charge in [-0.2, -0.15) is 0 Å². The molecule has 2 aromatic heterocycles. The van der Waals surface area contributed by atoms with Crippen molar-refractivity contribution in [1.82, 2.24) is 19.6 Å². The number of aryl methyl sites for hydroxylation is 1. The SMILES string of the molecule is Cc1ccc(Nc2nnc3[nH]c(=O)c4ccccc4n23)cc1. The lowest BCUT2D eigenvalue weighted by atomic mass is 10.2. The maximum atomic E-state index is 12.0. The second kappa shape index (κ2) is 4.70. The van der Waals surface area contributed by atoms with E-state index in [0.29, 0.717) is 17.1 Å². The molecule has 2 heterocycles. The fourth-order valence-corrected chi connectivity index (χ4v) is 2.47. The molecule has 0 spiro atoms. The number of aromatic amines is 1. The summed E-state index contributed by atoms with van der Waals surface area (Å²) in [4.78, 5) is 14.8. The van der Waals surface area contributed by atoms with E-state index in [1.165, 1.54) is 5.56 Å². The van der Waals surface area contributed by atoms with E-state index in [9.17, 15) is 4.79 Å². The van der Waals surface area contributed by atoms with Gasteiger partial charge in [-0.05, 0) is 31.2 Å². The van der Waals surface area contributed by atoms with E-state index in [0.717, 1.165) is 11.2 Å². The van der Waals surface area contributed by atoms with E-state index in [-0.39, 0.29) is 5.56 Å². The molecule has 0 unspecified atom stereocenters. The third-order valence-electron chi connectivity index (χ3n) is 3.59. The van der Waals surface area contributed by atoms with Crippen LogP contribution in [0.4, 0.5) is 11.6 Å². The molecule has 22 heavy (non-hydrogen) atoms. The van der Waals surface area contributed by atoms with Gasteiger partial charge in [-0.25, -0.2) is 4.40 Å². The first-order valence-corrected chi connectivity index (χ1v) is 6.92. The lowest BCUT2D eigenvalue weighted by Gasteiger charge is -2.06. The third kappa shape index (κ3) is 1.93. The van der Waals surface area contributed by atoms with Crippen molar-refractivity contribution in [3.8, 4) is 0 Å². The Morgan fingerprint density at radius 1 is 1.05 bits per heavy atom. The smallest absolute Gasteiger partial charge is 0.260 e. The molecule has 108 valence electrons. The molecule has 0 aliphatic rings. The van der Waals surface area contributed by atoms with Gasteiger partial charge in [0.2, 0.25) is 11.7 Å². The molecule has 2 aromatic carbocycles. The minimum Gasteiger partial charge on any atom is -0.324 e. The molecule has 0 aliphatic carbocycles. The first kappa shape index (κ1) is 12.6. The zero-order chi connectivity index (χ0) is 15.1. The number of H-pyrrole nitrogens is 1. The second-order valence-electron chi connectivity index (χ2n) is 5.14. The summed E-state index contributed by atoms with van der Waals surface area (Å²) in [5.41, 5.74) is 2.69. The van der Waals surface area contributed by atoms with Crippen molar-refractivity contribution in [3.63, 3.8) is 0 Å². The maximum absolute atomic E-state index is 12.0. The lowest BCUT2D eigenvalue weighted by molar-refractivity contribution is 1.09. The van der Waals surface area contributed by atoms with Crippen LogP contribution >= 0.6 is 0 Å². The fourth-order valence-electron chi connectivity index (χ4n) is 2.47. The highest BCUT2D eigenvalue weighted by atomic mass is 16.1. The Morgan fingerprint density at radius 2 is 1.82 bits per heavy atom. The molecule has 0 saturated carbocycles. The molecule has 0 saturated heterocycles. The Morgan fingerprint density at radius 3 is 2.64 bits per heavy atom. The normalized spacial score (nSPS) is 11.1. The number of rotatable bonds is 2. The largest absolute Gasteiger partial charge is 0.324 e. The van der Waals surface area contributed by atoms with Gasteiger partial charge in [-0.1, -0.05) is 29.8 Å². The third-order valence-corrected chi connectivity index (χ3v) is 3.59. The standard InChI is InChI=1S/C16H13N5O/c1-10-6-8-11(9-7-10)17-15-19-20-16-18-14(22)12-4-2-3-5-13(12)21(15)16/h2-9H,1H3,(H,17,19)(H,18,20,22). The number of hydrogen-bond donors (Lipinski definition) is 2. The Kier molecular flexibility index (Phi) is 2.69. The van der Waals surface area contributed by atoms with Crippen molar-refractivity contribution in [2.75, 3.05) is 5.32 Å². The van der Waals surface area contributed by atoms with E-state index < -0.39 is 0 Å². The van der Waals surface area contributed by atoms with Crippen LogP contribution in [0.15, 0.2) is 53.3 Å². The monoisotopic (exact) mass is 291 g/mol. The lowest BCUT2D eigenvalue weighted by Crippen LogP contribution is -2.10. The van der Waals surface area contributed by atoms with Crippen LogP contribution in [0.1, 0.15) is 5.56 Å². The minimum atomic E-state index is -0.169. The summed E-state index contributed by atoms with van der Waals surface area (Å²) in [6.45, 7) is 2.04. The van der Waals surface area contributed by atoms with Crippen molar-refractivity contribution >= 4 is 28.3 Å². The maximum Gasteiger partial charge on any atom is 0.260 e. The van der Waals surface area contributed by atoms with Crippen LogP contribution in [-0.4, -0.2) is 19.6 Å². The number of benzene rings is 2. The number of fused-ring (bicyclic) bond motifs is 3. The summed E-state index contributed by atoms with van der Waals surface area (Å²) >= 11 is 0. The second-order valence-corrected chi connectivity index (χ2v) is 5.14. The molecule has 0 bridgehead atoms. The number of nitrogens with one attached hydrogen (secondary N) is 2. The van der Waals surface area contributed by atoms with Gasteiger partial charge in [0.1, 0.15) is 0 Å². The van der Waals surface area contributed by atoms with Crippen LogP contribution in [0, 0.1) is 6.92 Å². The van der Waals surface area contributed by atoms with Gasteiger partial charge in [-0.15, -0.1) is 10.2 Å². The molecule has 6 heteroatoms. The van der Waals surface area contributed by atoms with Crippen molar-refractivity contribution in [1.29, 1.82) is 0 Å². The molecule has 0 radical (unpaired) electrons. The molecular formula is C16H13N5O. The molecule has 6 nitrogen and oxygen atoms in total. The Balaban J connectivity index is 1.93. The van der Waals surface area contributed by atoms with Crippen molar-refractivity contribution < 1.29 is 0 Å². The Bertz CT molecular complexity index is 1030. The molecule has 2 N–H and O–H groups in total. The van der Waals surface area contributed by atoms with E-state index >= 15 is 0 Å². The van der Waals surface area contributed by atoms with Crippen LogP contribution in [0.2, 0.25) is 0 Å². The van der Waals surface area contributed by atoms with Crippen LogP contribution in [0.5, 0.6) is 0 Å². The summed E-state index contributed by atoms with van der Waals surface area (Å²) in [6.07, 6.45) is 0. The van der Waals surface area contributed by atoms with Gasteiger partial charge in [-0.3, -0.25) is 9.78 Å². The number of hydrogen-bond acceptors (Lipinski definition) is 4. The highest BCUT2D eigenvalue weighted by molar-refractivity contribution is 5.81.